The summed E-state index contributed by atoms with van der Waals surface area (Å²) in [6.45, 7) is 5.50. The maximum Gasteiger partial charge on any atom is 0.416 e. The van der Waals surface area contributed by atoms with Crippen LogP contribution in [-0.2, 0) is 6.18 Å². The maximum atomic E-state index is 12.8. The lowest BCUT2D eigenvalue weighted by Crippen LogP contribution is -2.37. The maximum absolute atomic E-state index is 12.8. The van der Waals surface area contributed by atoms with Gasteiger partial charge in [0.1, 0.15) is 0 Å². The first-order valence-corrected chi connectivity index (χ1v) is 7.03. The average Bonchev–Trinajstić information content (AvgIpc) is 2.75. The van der Waals surface area contributed by atoms with Crippen LogP contribution in [0.15, 0.2) is 18.2 Å². The van der Waals surface area contributed by atoms with E-state index < -0.39 is 11.7 Å². The van der Waals surface area contributed by atoms with E-state index >= 15 is 0 Å². The first kappa shape index (κ1) is 15.4. The van der Waals surface area contributed by atoms with Crippen LogP contribution in [0.4, 0.5) is 18.9 Å². The van der Waals surface area contributed by atoms with Gasteiger partial charge in [0.25, 0.3) is 0 Å². The second-order valence-corrected chi connectivity index (χ2v) is 5.82. The van der Waals surface area contributed by atoms with Crippen LogP contribution < -0.4 is 10.2 Å². The Morgan fingerprint density at radius 1 is 1.35 bits per heavy atom. The van der Waals surface area contributed by atoms with Crippen molar-refractivity contribution in [3.05, 3.63) is 28.8 Å². The highest BCUT2D eigenvalue weighted by Crippen LogP contribution is 2.36. The molecule has 1 aliphatic rings. The van der Waals surface area contributed by atoms with Gasteiger partial charge in [-0.15, -0.1) is 0 Å². The number of anilines is 1. The second-order valence-electron chi connectivity index (χ2n) is 5.42. The first-order chi connectivity index (χ1) is 9.27. The molecule has 0 radical (unpaired) electrons. The normalized spacial score (nSPS) is 19.9. The summed E-state index contributed by atoms with van der Waals surface area (Å²) in [4.78, 5) is 1.91. The summed E-state index contributed by atoms with van der Waals surface area (Å²) in [6.07, 6.45) is -3.43. The fourth-order valence-corrected chi connectivity index (χ4v) is 2.75. The average molecular weight is 307 g/mol. The summed E-state index contributed by atoms with van der Waals surface area (Å²) in [5.41, 5.74) is -0.188. The minimum Gasteiger partial charge on any atom is -0.369 e. The van der Waals surface area contributed by atoms with Crippen molar-refractivity contribution in [2.45, 2.75) is 38.5 Å². The smallest absolute Gasteiger partial charge is 0.369 e. The van der Waals surface area contributed by atoms with E-state index in [0.717, 1.165) is 18.6 Å². The topological polar surface area (TPSA) is 15.3 Å². The standard InChI is InChI=1S/C14H18ClF3N2/c1-9(2)19-11-5-6-20(8-11)13-7-10(14(16,17)18)3-4-12(13)15/h3-4,7,9,11,19H,5-6,8H2,1-2H3. The third-order valence-corrected chi connectivity index (χ3v) is 3.69. The molecular weight excluding hydrogens is 289 g/mol. The summed E-state index contributed by atoms with van der Waals surface area (Å²) in [5, 5.41) is 3.76. The van der Waals surface area contributed by atoms with Crippen LogP contribution in [0.3, 0.4) is 0 Å². The third kappa shape index (κ3) is 3.58. The zero-order chi connectivity index (χ0) is 14.9. The number of hydrogen-bond donors (Lipinski definition) is 1. The van der Waals surface area contributed by atoms with Crippen molar-refractivity contribution in [2.24, 2.45) is 0 Å². The summed E-state index contributed by atoms with van der Waals surface area (Å²) < 4.78 is 38.3. The van der Waals surface area contributed by atoms with Crippen molar-refractivity contribution in [1.29, 1.82) is 0 Å². The Bertz CT molecular complexity index is 474. The van der Waals surface area contributed by atoms with Gasteiger partial charge < -0.3 is 10.2 Å². The molecule has 0 spiro atoms. The largest absolute Gasteiger partial charge is 0.416 e. The SMILES string of the molecule is CC(C)NC1CCN(c2cc(C(F)(F)F)ccc2Cl)C1. The molecule has 2 rings (SSSR count). The van der Waals surface area contributed by atoms with Crippen molar-refractivity contribution >= 4 is 17.3 Å². The zero-order valence-electron chi connectivity index (χ0n) is 11.5. The molecule has 0 saturated carbocycles. The van der Waals surface area contributed by atoms with E-state index in [2.05, 4.69) is 19.2 Å². The molecule has 112 valence electrons. The van der Waals surface area contributed by atoms with Gasteiger partial charge in [-0.1, -0.05) is 25.4 Å². The number of rotatable bonds is 3. The van der Waals surface area contributed by atoms with E-state index in [1.54, 1.807) is 0 Å². The summed E-state index contributed by atoms with van der Waals surface area (Å²) in [5.74, 6) is 0. The van der Waals surface area contributed by atoms with Crippen molar-refractivity contribution in [3.63, 3.8) is 0 Å². The van der Waals surface area contributed by atoms with Gasteiger partial charge in [0.15, 0.2) is 0 Å². The minimum atomic E-state index is -4.34. The molecule has 0 aliphatic carbocycles. The van der Waals surface area contributed by atoms with Crippen molar-refractivity contribution in [1.82, 2.24) is 5.32 Å². The van der Waals surface area contributed by atoms with Crippen molar-refractivity contribution < 1.29 is 13.2 Å². The Kier molecular flexibility index (Phi) is 4.49. The Hall–Kier alpha value is -0.940. The molecule has 1 heterocycles. The summed E-state index contributed by atoms with van der Waals surface area (Å²) in [7, 11) is 0. The fraction of sp³-hybridized carbons (Fsp3) is 0.571. The molecule has 0 aromatic heterocycles. The van der Waals surface area contributed by atoms with Crippen LogP contribution in [0.2, 0.25) is 5.02 Å². The van der Waals surface area contributed by atoms with Crippen molar-refractivity contribution in [2.75, 3.05) is 18.0 Å². The molecule has 0 amide bonds. The van der Waals surface area contributed by atoms with Crippen LogP contribution in [0.1, 0.15) is 25.8 Å². The molecule has 1 saturated heterocycles. The molecular formula is C14H18ClF3N2. The number of benzene rings is 1. The lowest BCUT2D eigenvalue weighted by molar-refractivity contribution is -0.137. The number of alkyl halides is 3. The fourth-order valence-electron chi connectivity index (χ4n) is 2.52. The van der Waals surface area contributed by atoms with Gasteiger partial charge >= 0.3 is 6.18 Å². The molecule has 1 aliphatic heterocycles. The lowest BCUT2D eigenvalue weighted by atomic mass is 10.2. The highest BCUT2D eigenvalue weighted by molar-refractivity contribution is 6.33. The van der Waals surface area contributed by atoms with Gasteiger partial charge in [0.05, 0.1) is 16.3 Å². The Balaban J connectivity index is 2.17. The third-order valence-electron chi connectivity index (χ3n) is 3.37. The van der Waals surface area contributed by atoms with Crippen LogP contribution in [0, 0.1) is 0 Å². The van der Waals surface area contributed by atoms with E-state index in [4.69, 9.17) is 11.6 Å². The van der Waals surface area contributed by atoms with Gasteiger partial charge in [-0.25, -0.2) is 0 Å². The van der Waals surface area contributed by atoms with Gasteiger partial charge in [-0.05, 0) is 24.6 Å². The predicted molar refractivity (Wildman–Crippen MR) is 75.3 cm³/mol. The molecule has 1 unspecified atom stereocenters. The second kappa shape index (κ2) is 5.82. The molecule has 1 aromatic carbocycles. The van der Waals surface area contributed by atoms with Gasteiger partial charge in [0, 0.05) is 25.2 Å². The van der Waals surface area contributed by atoms with Gasteiger partial charge in [0.2, 0.25) is 0 Å². The van der Waals surface area contributed by atoms with Gasteiger partial charge in [-0.3, -0.25) is 0 Å². The van der Waals surface area contributed by atoms with E-state index in [0.29, 0.717) is 35.9 Å². The van der Waals surface area contributed by atoms with E-state index in [9.17, 15) is 13.2 Å². The molecule has 1 N–H and O–H groups in total. The molecule has 1 fully saturated rings. The molecule has 1 aromatic rings. The Morgan fingerprint density at radius 2 is 2.05 bits per heavy atom. The summed E-state index contributed by atoms with van der Waals surface area (Å²) in [6, 6.07) is 4.13. The number of hydrogen-bond acceptors (Lipinski definition) is 2. The van der Waals surface area contributed by atoms with Crippen molar-refractivity contribution in [3.8, 4) is 0 Å². The predicted octanol–water partition coefficient (Wildman–Crippen LogP) is 3.94. The van der Waals surface area contributed by atoms with Gasteiger partial charge in [-0.2, -0.15) is 13.2 Å². The Labute approximate surface area is 121 Å². The Morgan fingerprint density at radius 3 is 2.65 bits per heavy atom. The molecule has 1 atom stereocenters. The number of nitrogens with zero attached hydrogens (tertiary/aromatic N) is 1. The quantitative estimate of drug-likeness (QED) is 0.910. The highest BCUT2D eigenvalue weighted by atomic mass is 35.5. The number of halogens is 4. The zero-order valence-corrected chi connectivity index (χ0v) is 12.2. The van der Waals surface area contributed by atoms with Crippen LogP contribution in [-0.4, -0.2) is 25.2 Å². The minimum absolute atomic E-state index is 0.292. The van der Waals surface area contributed by atoms with E-state index in [1.165, 1.54) is 6.07 Å². The van der Waals surface area contributed by atoms with E-state index in [1.807, 2.05) is 4.90 Å². The molecule has 6 heteroatoms. The molecule has 20 heavy (non-hydrogen) atoms. The van der Waals surface area contributed by atoms with Crippen LogP contribution in [0.25, 0.3) is 0 Å². The van der Waals surface area contributed by atoms with Crippen LogP contribution in [0.5, 0.6) is 0 Å². The first-order valence-electron chi connectivity index (χ1n) is 6.65. The monoisotopic (exact) mass is 306 g/mol. The highest BCUT2D eigenvalue weighted by Gasteiger charge is 2.32. The van der Waals surface area contributed by atoms with Crippen LogP contribution >= 0.6 is 11.6 Å². The summed E-state index contributed by atoms with van der Waals surface area (Å²) >= 11 is 6.05. The molecule has 0 bridgehead atoms. The lowest BCUT2D eigenvalue weighted by Gasteiger charge is -2.22. The number of nitrogens with one attached hydrogen (secondary N) is 1. The molecule has 2 nitrogen and oxygen atoms in total. The van der Waals surface area contributed by atoms with E-state index in [-0.39, 0.29) is 0 Å².